The van der Waals surface area contributed by atoms with Crippen molar-refractivity contribution in [3.05, 3.63) is 57.1 Å². The van der Waals surface area contributed by atoms with Crippen LogP contribution in [0.25, 0.3) is 0 Å². The lowest BCUT2D eigenvalue weighted by Gasteiger charge is -2.40. The molecule has 0 saturated carbocycles. The fourth-order valence-electron chi connectivity index (χ4n) is 4.36. The van der Waals surface area contributed by atoms with Crippen LogP contribution in [0.3, 0.4) is 0 Å². The third kappa shape index (κ3) is 4.06. The normalized spacial score (nSPS) is 18.3. The van der Waals surface area contributed by atoms with Crippen LogP contribution in [0, 0.1) is 0 Å². The SMILES string of the molecule is CCNCC1CCN2CCCc3cc(NCc4ccc(Cl)c(Cl)c4)cc1c32. The first-order valence-electron chi connectivity index (χ1n) is 9.96. The number of nitrogens with one attached hydrogen (secondary N) is 2. The Morgan fingerprint density at radius 3 is 2.81 bits per heavy atom. The highest BCUT2D eigenvalue weighted by atomic mass is 35.5. The van der Waals surface area contributed by atoms with Crippen LogP contribution in [0.15, 0.2) is 30.3 Å². The molecule has 27 heavy (non-hydrogen) atoms. The molecule has 3 nitrogen and oxygen atoms in total. The summed E-state index contributed by atoms with van der Waals surface area (Å²) in [4.78, 5) is 2.60. The smallest absolute Gasteiger partial charge is 0.0595 e. The van der Waals surface area contributed by atoms with Crippen molar-refractivity contribution in [1.29, 1.82) is 0 Å². The van der Waals surface area contributed by atoms with Gasteiger partial charge in [-0.15, -0.1) is 0 Å². The largest absolute Gasteiger partial charge is 0.381 e. The zero-order chi connectivity index (χ0) is 18.8. The van der Waals surface area contributed by atoms with Gasteiger partial charge < -0.3 is 15.5 Å². The van der Waals surface area contributed by atoms with Crippen molar-refractivity contribution in [1.82, 2.24) is 5.32 Å². The molecule has 2 heterocycles. The molecule has 0 fully saturated rings. The van der Waals surface area contributed by atoms with Gasteiger partial charge in [-0.2, -0.15) is 0 Å². The van der Waals surface area contributed by atoms with E-state index in [1.807, 2.05) is 18.2 Å². The Balaban J connectivity index is 1.59. The Bertz CT molecular complexity index is 821. The number of hydrogen-bond donors (Lipinski definition) is 2. The van der Waals surface area contributed by atoms with Gasteiger partial charge in [0, 0.05) is 43.5 Å². The Hall–Kier alpha value is -1.42. The average molecular weight is 404 g/mol. The van der Waals surface area contributed by atoms with Crippen LogP contribution >= 0.6 is 23.2 Å². The van der Waals surface area contributed by atoms with Crippen LogP contribution in [-0.4, -0.2) is 26.2 Å². The summed E-state index contributed by atoms with van der Waals surface area (Å²) in [6, 6.07) is 10.5. The summed E-state index contributed by atoms with van der Waals surface area (Å²) in [6.45, 7) is 7.40. The van der Waals surface area contributed by atoms with Crippen molar-refractivity contribution < 1.29 is 0 Å². The maximum atomic E-state index is 6.16. The number of likely N-dealkylation sites (N-methyl/N-ethyl adjacent to an activating group) is 1. The number of benzene rings is 2. The number of hydrogen-bond acceptors (Lipinski definition) is 3. The predicted molar refractivity (Wildman–Crippen MR) is 117 cm³/mol. The third-order valence-electron chi connectivity index (χ3n) is 5.72. The number of rotatable bonds is 6. The van der Waals surface area contributed by atoms with Gasteiger partial charge in [-0.3, -0.25) is 0 Å². The quantitative estimate of drug-likeness (QED) is 0.670. The van der Waals surface area contributed by atoms with Crippen molar-refractivity contribution in [2.45, 2.75) is 38.6 Å². The van der Waals surface area contributed by atoms with Crippen molar-refractivity contribution in [2.75, 3.05) is 36.4 Å². The van der Waals surface area contributed by atoms with Crippen LogP contribution < -0.4 is 15.5 Å². The summed E-state index contributed by atoms with van der Waals surface area (Å²) >= 11 is 12.2. The fourth-order valence-corrected chi connectivity index (χ4v) is 4.68. The first-order valence-corrected chi connectivity index (χ1v) is 10.7. The molecule has 1 unspecified atom stereocenters. The maximum absolute atomic E-state index is 6.16. The number of anilines is 2. The van der Waals surface area contributed by atoms with E-state index in [0.717, 1.165) is 25.2 Å². The maximum Gasteiger partial charge on any atom is 0.0595 e. The Labute approximate surface area is 172 Å². The van der Waals surface area contributed by atoms with E-state index in [-0.39, 0.29) is 0 Å². The van der Waals surface area contributed by atoms with Gasteiger partial charge in [0.2, 0.25) is 0 Å². The van der Waals surface area contributed by atoms with Gasteiger partial charge in [-0.25, -0.2) is 0 Å². The molecule has 2 aromatic rings. The minimum Gasteiger partial charge on any atom is -0.381 e. The van der Waals surface area contributed by atoms with Crippen molar-refractivity contribution in [3.8, 4) is 0 Å². The summed E-state index contributed by atoms with van der Waals surface area (Å²) in [6.07, 6.45) is 3.66. The summed E-state index contributed by atoms with van der Waals surface area (Å²) in [7, 11) is 0. The summed E-state index contributed by atoms with van der Waals surface area (Å²) < 4.78 is 0. The molecule has 2 aliphatic heterocycles. The molecule has 2 aromatic carbocycles. The van der Waals surface area contributed by atoms with Crippen molar-refractivity contribution in [3.63, 3.8) is 0 Å². The van der Waals surface area contributed by atoms with E-state index in [9.17, 15) is 0 Å². The minimum atomic E-state index is 0.597. The summed E-state index contributed by atoms with van der Waals surface area (Å²) in [5, 5.41) is 8.37. The van der Waals surface area contributed by atoms with E-state index in [1.165, 1.54) is 54.9 Å². The molecular weight excluding hydrogens is 377 g/mol. The molecule has 144 valence electrons. The highest BCUT2D eigenvalue weighted by Gasteiger charge is 2.29. The van der Waals surface area contributed by atoms with E-state index < -0.39 is 0 Å². The molecule has 0 aliphatic carbocycles. The van der Waals surface area contributed by atoms with E-state index in [4.69, 9.17) is 23.2 Å². The fraction of sp³-hybridized carbons (Fsp3) is 0.455. The Morgan fingerprint density at radius 1 is 1.11 bits per heavy atom. The van der Waals surface area contributed by atoms with E-state index in [0.29, 0.717) is 16.0 Å². The molecule has 0 saturated heterocycles. The average Bonchev–Trinajstić information content (AvgIpc) is 2.68. The molecule has 0 aromatic heterocycles. The molecule has 4 rings (SSSR count). The van der Waals surface area contributed by atoms with Crippen LogP contribution in [0.5, 0.6) is 0 Å². The van der Waals surface area contributed by atoms with Gasteiger partial charge in [0.25, 0.3) is 0 Å². The van der Waals surface area contributed by atoms with Gasteiger partial charge in [0.1, 0.15) is 0 Å². The highest BCUT2D eigenvalue weighted by molar-refractivity contribution is 6.42. The molecule has 5 heteroatoms. The first kappa shape index (κ1) is 18.9. The monoisotopic (exact) mass is 403 g/mol. The Morgan fingerprint density at radius 2 is 2.00 bits per heavy atom. The Kier molecular flexibility index (Phi) is 5.82. The highest BCUT2D eigenvalue weighted by Crippen LogP contribution is 2.42. The second kappa shape index (κ2) is 8.30. The number of nitrogens with zero attached hydrogens (tertiary/aromatic N) is 1. The van der Waals surface area contributed by atoms with Gasteiger partial charge in [0.05, 0.1) is 10.0 Å². The number of aryl methyl sites for hydroxylation is 1. The van der Waals surface area contributed by atoms with Gasteiger partial charge in [-0.1, -0.05) is 36.2 Å². The molecule has 0 radical (unpaired) electrons. The summed E-state index contributed by atoms with van der Waals surface area (Å²) in [5.74, 6) is 0.597. The van der Waals surface area contributed by atoms with Crippen LogP contribution in [0.4, 0.5) is 11.4 Å². The van der Waals surface area contributed by atoms with Crippen molar-refractivity contribution in [2.24, 2.45) is 0 Å². The van der Waals surface area contributed by atoms with E-state index in [2.05, 4.69) is 34.6 Å². The number of halogens is 2. The molecular formula is C22H27Cl2N3. The molecule has 1 atom stereocenters. The summed E-state index contributed by atoms with van der Waals surface area (Å²) in [5.41, 5.74) is 6.87. The van der Waals surface area contributed by atoms with E-state index >= 15 is 0 Å². The minimum absolute atomic E-state index is 0.597. The predicted octanol–water partition coefficient (Wildman–Crippen LogP) is 5.45. The molecule has 0 bridgehead atoms. The van der Waals surface area contributed by atoms with Crippen LogP contribution in [0.2, 0.25) is 10.0 Å². The second-order valence-electron chi connectivity index (χ2n) is 7.56. The van der Waals surface area contributed by atoms with Crippen LogP contribution in [-0.2, 0) is 13.0 Å². The lowest BCUT2D eigenvalue weighted by molar-refractivity contribution is 0.520. The van der Waals surface area contributed by atoms with Gasteiger partial charge >= 0.3 is 0 Å². The topological polar surface area (TPSA) is 27.3 Å². The lowest BCUT2D eigenvalue weighted by Crippen LogP contribution is -2.38. The molecule has 2 aliphatic rings. The molecule has 0 spiro atoms. The lowest BCUT2D eigenvalue weighted by atomic mass is 9.84. The zero-order valence-electron chi connectivity index (χ0n) is 15.8. The van der Waals surface area contributed by atoms with Crippen LogP contribution in [0.1, 0.15) is 42.4 Å². The molecule has 0 amide bonds. The zero-order valence-corrected chi connectivity index (χ0v) is 17.3. The first-order chi connectivity index (χ1) is 13.2. The third-order valence-corrected chi connectivity index (χ3v) is 6.46. The van der Waals surface area contributed by atoms with Crippen molar-refractivity contribution >= 4 is 34.6 Å². The van der Waals surface area contributed by atoms with Gasteiger partial charge in [0.15, 0.2) is 0 Å². The standard InChI is InChI=1S/C22H27Cl2N3/c1-2-25-14-17-7-9-27-8-3-4-16-11-18(12-19(17)22(16)27)26-13-15-5-6-20(23)21(24)10-15/h5-6,10-12,17,25-26H,2-4,7-9,13-14H2,1H3. The second-order valence-corrected chi connectivity index (χ2v) is 8.37. The van der Waals surface area contributed by atoms with E-state index in [1.54, 1.807) is 0 Å². The van der Waals surface area contributed by atoms with Gasteiger partial charge in [-0.05, 0) is 66.8 Å². The molecule has 2 N–H and O–H groups in total.